The number of halogens is 3. The molecule has 0 unspecified atom stereocenters. The van der Waals surface area contributed by atoms with Crippen molar-refractivity contribution in [2.45, 2.75) is 6.18 Å². The number of hydrogen-bond donors (Lipinski definition) is 1. The van der Waals surface area contributed by atoms with Gasteiger partial charge in [-0.15, -0.1) is 0 Å². The summed E-state index contributed by atoms with van der Waals surface area (Å²) in [5.74, 6) is -0.547. The van der Waals surface area contributed by atoms with Gasteiger partial charge in [0.05, 0.1) is 25.8 Å². The van der Waals surface area contributed by atoms with Gasteiger partial charge in [0.1, 0.15) is 11.6 Å². The molecule has 1 saturated heterocycles. The van der Waals surface area contributed by atoms with Crippen LogP contribution in [0.15, 0.2) is 18.2 Å². The van der Waals surface area contributed by atoms with E-state index in [-0.39, 0.29) is 11.3 Å². The fourth-order valence-corrected chi connectivity index (χ4v) is 2.66. The summed E-state index contributed by atoms with van der Waals surface area (Å²) in [6.45, 7) is 4.17. The first kappa shape index (κ1) is 17.7. The van der Waals surface area contributed by atoms with Crippen LogP contribution in [0.25, 0.3) is 10.9 Å². The minimum absolute atomic E-state index is 0.174. The van der Waals surface area contributed by atoms with Gasteiger partial charge in [0.25, 0.3) is 0 Å². The normalized spacial score (nSPS) is 16.2. The quantitative estimate of drug-likeness (QED) is 0.888. The number of hydrogen-bond acceptors (Lipinski definition) is 6. The zero-order valence-corrected chi connectivity index (χ0v) is 13.8. The lowest BCUT2D eigenvalue weighted by Gasteiger charge is -2.26. The van der Waals surface area contributed by atoms with Crippen LogP contribution in [-0.2, 0) is 10.9 Å². The van der Waals surface area contributed by atoms with Gasteiger partial charge in [-0.2, -0.15) is 13.2 Å². The van der Waals surface area contributed by atoms with E-state index in [1.165, 1.54) is 13.2 Å². The van der Waals surface area contributed by atoms with Crippen LogP contribution in [0.1, 0.15) is 5.82 Å². The molecule has 2 aromatic rings. The Morgan fingerprint density at radius 3 is 2.68 bits per heavy atom. The number of alkyl halides is 3. The minimum atomic E-state index is -4.61. The van der Waals surface area contributed by atoms with Crippen LogP contribution in [0.2, 0.25) is 0 Å². The van der Waals surface area contributed by atoms with Crippen LogP contribution < -0.4 is 10.1 Å². The Hall–Kier alpha value is -2.13. The Morgan fingerprint density at radius 1 is 1.24 bits per heavy atom. The predicted octanol–water partition coefficient (Wildman–Crippen LogP) is 2.40. The molecule has 0 spiro atoms. The lowest BCUT2D eigenvalue weighted by atomic mass is 10.2. The molecule has 0 amide bonds. The fourth-order valence-electron chi connectivity index (χ4n) is 2.66. The molecule has 0 aliphatic carbocycles. The fraction of sp³-hybridized carbons (Fsp3) is 0.500. The highest BCUT2D eigenvalue weighted by Crippen LogP contribution is 2.31. The van der Waals surface area contributed by atoms with E-state index >= 15 is 0 Å². The summed E-state index contributed by atoms with van der Waals surface area (Å²) in [6.07, 6.45) is -4.61. The van der Waals surface area contributed by atoms with Gasteiger partial charge >= 0.3 is 6.18 Å². The maximum Gasteiger partial charge on any atom is 0.451 e. The van der Waals surface area contributed by atoms with Crippen molar-refractivity contribution < 1.29 is 22.6 Å². The third kappa shape index (κ3) is 4.29. The van der Waals surface area contributed by atoms with Gasteiger partial charge in [-0.25, -0.2) is 9.97 Å². The minimum Gasteiger partial charge on any atom is -0.497 e. The van der Waals surface area contributed by atoms with Crippen LogP contribution >= 0.6 is 0 Å². The third-order valence-corrected chi connectivity index (χ3v) is 3.98. The van der Waals surface area contributed by atoms with Crippen molar-refractivity contribution in [1.82, 2.24) is 14.9 Å². The molecular formula is C16H19F3N4O2. The highest BCUT2D eigenvalue weighted by Gasteiger charge is 2.35. The summed E-state index contributed by atoms with van der Waals surface area (Å²) in [7, 11) is 1.45. The lowest BCUT2D eigenvalue weighted by Crippen LogP contribution is -2.39. The van der Waals surface area contributed by atoms with E-state index in [1.54, 1.807) is 12.1 Å². The van der Waals surface area contributed by atoms with Crippen molar-refractivity contribution in [1.29, 1.82) is 0 Å². The Kier molecular flexibility index (Phi) is 5.24. The lowest BCUT2D eigenvalue weighted by molar-refractivity contribution is -0.144. The van der Waals surface area contributed by atoms with Crippen molar-refractivity contribution >= 4 is 16.7 Å². The summed E-state index contributed by atoms with van der Waals surface area (Å²) in [5, 5.41) is 3.53. The Balaban J connectivity index is 1.83. The summed E-state index contributed by atoms with van der Waals surface area (Å²) in [4.78, 5) is 9.50. The average molecular weight is 356 g/mol. The predicted molar refractivity (Wildman–Crippen MR) is 86.8 cm³/mol. The van der Waals surface area contributed by atoms with Crippen LogP contribution in [0, 0.1) is 0 Å². The number of rotatable bonds is 5. The molecule has 0 atom stereocenters. The van der Waals surface area contributed by atoms with Gasteiger partial charge in [0.2, 0.25) is 5.82 Å². The number of methoxy groups -OCH3 is 1. The molecule has 6 nitrogen and oxygen atoms in total. The molecule has 0 radical (unpaired) electrons. The molecule has 3 rings (SSSR count). The molecule has 1 aromatic heterocycles. The molecule has 136 valence electrons. The molecule has 1 aliphatic heterocycles. The van der Waals surface area contributed by atoms with Crippen LogP contribution in [0.5, 0.6) is 5.75 Å². The second-order valence-corrected chi connectivity index (χ2v) is 5.66. The molecule has 1 fully saturated rings. The van der Waals surface area contributed by atoms with E-state index in [9.17, 15) is 13.2 Å². The first-order chi connectivity index (χ1) is 12.0. The van der Waals surface area contributed by atoms with E-state index < -0.39 is 12.0 Å². The number of aromatic nitrogens is 2. The number of ether oxygens (including phenoxy) is 2. The topological polar surface area (TPSA) is 59.5 Å². The van der Waals surface area contributed by atoms with Crippen LogP contribution in [0.3, 0.4) is 0 Å². The number of morpholine rings is 1. The number of anilines is 1. The van der Waals surface area contributed by atoms with Gasteiger partial charge in [-0.1, -0.05) is 0 Å². The van der Waals surface area contributed by atoms with Gasteiger partial charge in [-0.3, -0.25) is 4.90 Å². The number of nitrogens with one attached hydrogen (secondary N) is 1. The van der Waals surface area contributed by atoms with Gasteiger partial charge < -0.3 is 14.8 Å². The number of fused-ring (bicyclic) bond motifs is 1. The zero-order chi connectivity index (χ0) is 17.9. The number of benzene rings is 1. The molecule has 0 saturated carbocycles. The van der Waals surface area contributed by atoms with Gasteiger partial charge in [0, 0.05) is 37.6 Å². The third-order valence-electron chi connectivity index (χ3n) is 3.98. The molecule has 1 aliphatic rings. The Labute approximate surface area is 142 Å². The Morgan fingerprint density at radius 2 is 2.00 bits per heavy atom. The van der Waals surface area contributed by atoms with Gasteiger partial charge in [-0.05, 0) is 12.1 Å². The van der Waals surface area contributed by atoms with Crippen LogP contribution in [0.4, 0.5) is 19.0 Å². The van der Waals surface area contributed by atoms with E-state index in [0.29, 0.717) is 37.4 Å². The molecule has 0 bridgehead atoms. The summed E-state index contributed by atoms with van der Waals surface area (Å²) < 4.78 is 49.6. The van der Waals surface area contributed by atoms with Crippen molar-refractivity contribution in [2.24, 2.45) is 0 Å². The molecule has 2 heterocycles. The molecule has 1 aromatic carbocycles. The maximum atomic E-state index is 13.1. The summed E-state index contributed by atoms with van der Waals surface area (Å²) in [6, 6.07) is 4.80. The Bertz CT molecular complexity index is 733. The second-order valence-electron chi connectivity index (χ2n) is 5.66. The first-order valence-electron chi connectivity index (χ1n) is 7.94. The monoisotopic (exact) mass is 356 g/mol. The van der Waals surface area contributed by atoms with E-state index in [4.69, 9.17) is 9.47 Å². The maximum absolute atomic E-state index is 13.1. The molecular weight excluding hydrogens is 337 g/mol. The largest absolute Gasteiger partial charge is 0.497 e. The van der Waals surface area contributed by atoms with Crippen molar-refractivity contribution in [2.75, 3.05) is 51.8 Å². The van der Waals surface area contributed by atoms with Crippen LogP contribution in [-0.4, -0.2) is 61.4 Å². The molecule has 1 N–H and O–H groups in total. The van der Waals surface area contributed by atoms with Crippen molar-refractivity contribution in [3.05, 3.63) is 24.0 Å². The van der Waals surface area contributed by atoms with Crippen molar-refractivity contribution in [3.8, 4) is 5.75 Å². The smallest absolute Gasteiger partial charge is 0.451 e. The zero-order valence-electron chi connectivity index (χ0n) is 13.8. The van der Waals surface area contributed by atoms with Crippen molar-refractivity contribution in [3.63, 3.8) is 0 Å². The summed E-state index contributed by atoms with van der Waals surface area (Å²) >= 11 is 0. The second kappa shape index (κ2) is 7.40. The van der Waals surface area contributed by atoms with E-state index in [0.717, 1.165) is 13.1 Å². The van der Waals surface area contributed by atoms with Gasteiger partial charge in [0.15, 0.2) is 0 Å². The standard InChI is InChI=1S/C16H19F3N4O2/c1-24-11-2-3-12-13(10-11)21-15(16(17,18)19)22-14(12)20-4-5-23-6-8-25-9-7-23/h2-3,10H,4-9H2,1H3,(H,20,21,22). The first-order valence-corrected chi connectivity index (χ1v) is 7.94. The highest BCUT2D eigenvalue weighted by atomic mass is 19.4. The number of nitrogens with zero attached hydrogens (tertiary/aromatic N) is 3. The average Bonchev–Trinajstić information content (AvgIpc) is 2.61. The molecule has 25 heavy (non-hydrogen) atoms. The SMILES string of the molecule is COc1ccc2c(NCCN3CCOCC3)nc(C(F)(F)F)nc2c1. The summed E-state index contributed by atoms with van der Waals surface area (Å²) in [5.41, 5.74) is 0.190. The van der Waals surface area contributed by atoms with E-state index in [2.05, 4.69) is 20.2 Å². The highest BCUT2D eigenvalue weighted by molar-refractivity contribution is 5.90. The molecule has 9 heteroatoms. The van der Waals surface area contributed by atoms with E-state index in [1.807, 2.05) is 0 Å².